The molecule has 142 valence electrons. The van der Waals surface area contributed by atoms with Gasteiger partial charge in [0.1, 0.15) is 23.6 Å². The summed E-state index contributed by atoms with van der Waals surface area (Å²) in [6.07, 6.45) is 3.20. The first-order chi connectivity index (χ1) is 13.6. The van der Waals surface area contributed by atoms with Crippen molar-refractivity contribution in [1.82, 2.24) is 30.5 Å². The Bertz CT molecular complexity index is 1210. The topological polar surface area (TPSA) is 109 Å². The van der Waals surface area contributed by atoms with E-state index in [9.17, 15) is 9.18 Å². The molecule has 8 nitrogen and oxygen atoms in total. The molecule has 0 unspecified atom stereocenters. The second-order valence-corrected chi connectivity index (χ2v) is 7.25. The molecule has 1 amide bonds. The first-order valence-corrected chi connectivity index (χ1v) is 8.84. The van der Waals surface area contributed by atoms with Crippen molar-refractivity contribution in [2.75, 3.05) is 13.2 Å². The zero-order valence-corrected chi connectivity index (χ0v) is 15.0. The minimum atomic E-state index is -0.540. The third kappa shape index (κ3) is 2.63. The van der Waals surface area contributed by atoms with E-state index in [4.69, 9.17) is 4.74 Å². The number of benzene rings is 1. The summed E-state index contributed by atoms with van der Waals surface area (Å²) in [6, 6.07) is 5.23. The second kappa shape index (κ2) is 6.10. The number of alkyl halides is 1. The number of H-pyrrole nitrogens is 2. The van der Waals surface area contributed by atoms with Crippen molar-refractivity contribution < 1.29 is 13.9 Å². The normalized spacial score (nSPS) is 15.6. The van der Waals surface area contributed by atoms with Crippen LogP contribution in [0.25, 0.3) is 33.5 Å². The summed E-state index contributed by atoms with van der Waals surface area (Å²) in [7, 11) is 0. The Balaban J connectivity index is 1.55. The van der Waals surface area contributed by atoms with E-state index in [0.717, 1.165) is 10.9 Å². The predicted molar refractivity (Wildman–Crippen MR) is 100 cm³/mol. The lowest BCUT2D eigenvalue weighted by atomic mass is 10.0. The highest BCUT2D eigenvalue weighted by Gasteiger charge is 2.35. The second-order valence-electron chi connectivity index (χ2n) is 7.25. The van der Waals surface area contributed by atoms with E-state index in [2.05, 4.69) is 30.5 Å². The standard InChI is InChI=1S/C19H17FN6O2/c1-19(8-28-9-19)24-18(27)12-6-21-17-16(12)23-14(7-22-17)15-11-3-2-10(5-20)4-13(11)25-26-15/h2-4,6-7H,5,8-9H2,1H3,(H,21,22)(H,24,27)(H,25,26). The van der Waals surface area contributed by atoms with Gasteiger partial charge in [-0.25, -0.2) is 14.4 Å². The summed E-state index contributed by atoms with van der Waals surface area (Å²) >= 11 is 0. The molecule has 3 N–H and O–H groups in total. The molecule has 0 bridgehead atoms. The van der Waals surface area contributed by atoms with Gasteiger partial charge in [-0.05, 0) is 18.6 Å². The number of aromatic amines is 2. The van der Waals surface area contributed by atoms with Crippen LogP contribution in [0, 0.1) is 0 Å². The average molecular weight is 380 g/mol. The molecule has 0 atom stereocenters. The van der Waals surface area contributed by atoms with Gasteiger partial charge in [0.2, 0.25) is 0 Å². The number of carbonyl (C=O) groups is 1. The minimum Gasteiger partial charge on any atom is -0.376 e. The molecular weight excluding hydrogens is 363 g/mol. The van der Waals surface area contributed by atoms with Crippen molar-refractivity contribution >= 4 is 28.0 Å². The molecule has 5 rings (SSSR count). The van der Waals surface area contributed by atoms with Gasteiger partial charge in [-0.1, -0.05) is 12.1 Å². The quantitative estimate of drug-likeness (QED) is 0.504. The highest BCUT2D eigenvalue weighted by atomic mass is 19.1. The molecule has 1 fully saturated rings. The molecule has 0 radical (unpaired) electrons. The van der Waals surface area contributed by atoms with Crippen LogP contribution in [0.3, 0.4) is 0 Å². The molecule has 1 saturated heterocycles. The molecular formula is C19H17FN6O2. The van der Waals surface area contributed by atoms with E-state index in [-0.39, 0.29) is 11.4 Å². The third-order valence-corrected chi connectivity index (χ3v) is 4.91. The van der Waals surface area contributed by atoms with Gasteiger partial charge in [-0.2, -0.15) is 5.10 Å². The fourth-order valence-corrected chi connectivity index (χ4v) is 3.35. The number of aromatic nitrogens is 5. The van der Waals surface area contributed by atoms with Crippen LogP contribution in [-0.4, -0.2) is 49.8 Å². The van der Waals surface area contributed by atoms with Crippen LogP contribution < -0.4 is 5.32 Å². The molecule has 1 aliphatic rings. The summed E-state index contributed by atoms with van der Waals surface area (Å²) in [5.41, 5.74) is 3.45. The number of nitrogens with zero attached hydrogens (tertiary/aromatic N) is 3. The Morgan fingerprint density at radius 1 is 1.39 bits per heavy atom. The van der Waals surface area contributed by atoms with Crippen LogP contribution in [0.2, 0.25) is 0 Å². The van der Waals surface area contributed by atoms with E-state index in [1.54, 1.807) is 30.6 Å². The lowest BCUT2D eigenvalue weighted by molar-refractivity contribution is -0.0593. The largest absolute Gasteiger partial charge is 0.376 e. The monoisotopic (exact) mass is 380 g/mol. The maximum Gasteiger partial charge on any atom is 0.255 e. The number of hydrogen-bond acceptors (Lipinski definition) is 5. The van der Waals surface area contributed by atoms with E-state index in [1.807, 2.05) is 6.92 Å². The zero-order chi connectivity index (χ0) is 19.3. The first-order valence-electron chi connectivity index (χ1n) is 8.84. The van der Waals surface area contributed by atoms with Crippen molar-refractivity contribution in [3.63, 3.8) is 0 Å². The van der Waals surface area contributed by atoms with Gasteiger partial charge in [0, 0.05) is 11.6 Å². The Morgan fingerprint density at radius 2 is 2.25 bits per heavy atom. The van der Waals surface area contributed by atoms with Crippen molar-refractivity contribution in [1.29, 1.82) is 0 Å². The Labute approximate surface area is 158 Å². The van der Waals surface area contributed by atoms with E-state index < -0.39 is 6.67 Å². The van der Waals surface area contributed by atoms with Gasteiger partial charge in [0.05, 0.1) is 36.0 Å². The molecule has 1 aromatic carbocycles. The Kier molecular flexibility index (Phi) is 3.66. The van der Waals surface area contributed by atoms with Crippen LogP contribution in [0.5, 0.6) is 0 Å². The molecule has 4 aromatic rings. The Morgan fingerprint density at radius 3 is 3.00 bits per heavy atom. The number of halogens is 1. The molecule has 4 heterocycles. The number of carbonyl (C=O) groups excluding carboxylic acids is 1. The SMILES string of the molecule is CC1(NC(=O)c2c[nH]c3ncc(-c4n[nH]c5cc(CF)ccc45)nc23)COC1. The molecule has 3 aromatic heterocycles. The van der Waals surface area contributed by atoms with Crippen LogP contribution in [0.4, 0.5) is 4.39 Å². The fraction of sp³-hybridized carbons (Fsp3) is 0.263. The number of amides is 1. The van der Waals surface area contributed by atoms with Crippen molar-refractivity contribution in [2.45, 2.75) is 19.1 Å². The van der Waals surface area contributed by atoms with Gasteiger partial charge in [-0.3, -0.25) is 9.89 Å². The maximum absolute atomic E-state index is 12.9. The molecule has 0 saturated carbocycles. The van der Waals surface area contributed by atoms with Gasteiger partial charge >= 0.3 is 0 Å². The summed E-state index contributed by atoms with van der Waals surface area (Å²) in [4.78, 5) is 24.7. The van der Waals surface area contributed by atoms with Crippen molar-refractivity contribution in [2.24, 2.45) is 0 Å². The number of ether oxygens (including phenoxy) is 1. The molecule has 9 heteroatoms. The number of rotatable bonds is 4. The highest BCUT2D eigenvalue weighted by Crippen LogP contribution is 2.27. The van der Waals surface area contributed by atoms with Crippen molar-refractivity contribution in [3.8, 4) is 11.4 Å². The summed E-state index contributed by atoms with van der Waals surface area (Å²) in [6.45, 7) is 2.36. The highest BCUT2D eigenvalue weighted by molar-refractivity contribution is 6.05. The van der Waals surface area contributed by atoms with Crippen LogP contribution in [0.1, 0.15) is 22.8 Å². The smallest absolute Gasteiger partial charge is 0.255 e. The first kappa shape index (κ1) is 16.8. The van der Waals surface area contributed by atoms with E-state index >= 15 is 0 Å². The molecule has 0 aliphatic carbocycles. The van der Waals surface area contributed by atoms with E-state index in [0.29, 0.717) is 46.9 Å². The minimum absolute atomic E-state index is 0.233. The summed E-state index contributed by atoms with van der Waals surface area (Å²) in [5, 5.41) is 11.0. The molecule has 0 spiro atoms. The maximum atomic E-state index is 12.9. The van der Waals surface area contributed by atoms with Crippen LogP contribution >= 0.6 is 0 Å². The lowest BCUT2D eigenvalue weighted by Crippen LogP contribution is -2.59. The zero-order valence-electron chi connectivity index (χ0n) is 15.0. The number of hydrogen-bond donors (Lipinski definition) is 3. The Hall–Kier alpha value is -3.33. The van der Waals surface area contributed by atoms with Gasteiger partial charge < -0.3 is 15.0 Å². The summed E-state index contributed by atoms with van der Waals surface area (Å²) in [5.74, 6) is -0.233. The van der Waals surface area contributed by atoms with Crippen LogP contribution in [-0.2, 0) is 11.4 Å². The van der Waals surface area contributed by atoms with Crippen molar-refractivity contribution in [3.05, 3.63) is 41.7 Å². The number of fused-ring (bicyclic) bond motifs is 2. The van der Waals surface area contributed by atoms with Gasteiger partial charge in [0.15, 0.2) is 5.65 Å². The third-order valence-electron chi connectivity index (χ3n) is 4.91. The van der Waals surface area contributed by atoms with Gasteiger partial charge in [0.25, 0.3) is 5.91 Å². The number of nitrogens with one attached hydrogen (secondary N) is 3. The molecule has 28 heavy (non-hydrogen) atoms. The lowest BCUT2D eigenvalue weighted by Gasteiger charge is -2.38. The van der Waals surface area contributed by atoms with E-state index in [1.165, 1.54) is 0 Å². The van der Waals surface area contributed by atoms with Gasteiger partial charge in [-0.15, -0.1) is 0 Å². The summed E-state index contributed by atoms with van der Waals surface area (Å²) < 4.78 is 18.1. The van der Waals surface area contributed by atoms with Crippen LogP contribution in [0.15, 0.2) is 30.6 Å². The fourth-order valence-electron chi connectivity index (χ4n) is 3.35. The molecule has 1 aliphatic heterocycles. The average Bonchev–Trinajstić information content (AvgIpc) is 3.29. The predicted octanol–water partition coefficient (Wildman–Crippen LogP) is 2.49.